The number of piperazine rings is 1. The average molecular weight is 489 g/mol. The Morgan fingerprint density at radius 1 is 0.833 bits per heavy atom. The van der Waals surface area contributed by atoms with Gasteiger partial charge in [-0.2, -0.15) is 0 Å². The van der Waals surface area contributed by atoms with Gasteiger partial charge in [0.2, 0.25) is 11.7 Å². The molecule has 0 spiro atoms. The zero-order chi connectivity index (χ0) is 25.2. The Morgan fingerprint density at radius 2 is 1.47 bits per heavy atom. The molecule has 1 aromatic heterocycles. The van der Waals surface area contributed by atoms with Crippen molar-refractivity contribution in [1.29, 1.82) is 0 Å². The van der Waals surface area contributed by atoms with Crippen molar-refractivity contribution in [3.63, 3.8) is 0 Å². The summed E-state index contributed by atoms with van der Waals surface area (Å²) in [6, 6.07) is 14.3. The lowest BCUT2D eigenvalue weighted by Gasteiger charge is -2.36. The molecule has 0 radical (unpaired) electrons. The zero-order valence-electron chi connectivity index (χ0n) is 21.3. The van der Waals surface area contributed by atoms with E-state index < -0.39 is 0 Å². The van der Waals surface area contributed by atoms with E-state index in [1.54, 1.807) is 21.3 Å². The number of methoxy groups -OCH3 is 3. The van der Waals surface area contributed by atoms with Gasteiger partial charge in [0.1, 0.15) is 0 Å². The van der Waals surface area contributed by atoms with Crippen LogP contribution < -0.4 is 24.0 Å². The van der Waals surface area contributed by atoms with Crippen molar-refractivity contribution in [1.82, 2.24) is 9.97 Å². The van der Waals surface area contributed by atoms with Gasteiger partial charge >= 0.3 is 0 Å². The molecular weight excluding hydrogens is 456 g/mol. The van der Waals surface area contributed by atoms with Gasteiger partial charge in [-0.05, 0) is 49.1 Å². The number of rotatable bonds is 6. The van der Waals surface area contributed by atoms with Crippen LogP contribution in [0.1, 0.15) is 39.6 Å². The second kappa shape index (κ2) is 10.0. The SMILES string of the molecule is COc1cc([C@H]2CC(=O)c3c(C)nc(N4CCN(c5ccccc5)CC4)nc3C2)cc(OC)c1OC. The first-order chi connectivity index (χ1) is 17.5. The molecule has 188 valence electrons. The second-order valence-electron chi connectivity index (χ2n) is 9.23. The molecule has 1 atom stereocenters. The van der Waals surface area contributed by atoms with E-state index in [4.69, 9.17) is 24.2 Å². The summed E-state index contributed by atoms with van der Waals surface area (Å²) in [5.41, 5.74) is 4.45. The van der Waals surface area contributed by atoms with Crippen molar-refractivity contribution in [2.24, 2.45) is 0 Å². The van der Waals surface area contributed by atoms with Crippen LogP contribution in [-0.4, -0.2) is 63.3 Å². The molecule has 1 saturated heterocycles. The number of aryl methyl sites for hydroxylation is 1. The Bertz CT molecular complexity index is 1230. The highest BCUT2D eigenvalue weighted by Gasteiger charge is 2.32. The van der Waals surface area contributed by atoms with E-state index >= 15 is 0 Å². The van der Waals surface area contributed by atoms with Crippen LogP contribution >= 0.6 is 0 Å². The predicted molar refractivity (Wildman–Crippen MR) is 139 cm³/mol. The maximum atomic E-state index is 13.2. The van der Waals surface area contributed by atoms with Gasteiger partial charge in [0.15, 0.2) is 17.3 Å². The number of carbonyl (C=O) groups is 1. The average Bonchev–Trinajstić information content (AvgIpc) is 2.92. The topological polar surface area (TPSA) is 77.0 Å². The molecule has 0 N–H and O–H groups in total. The Kier molecular flexibility index (Phi) is 6.67. The van der Waals surface area contributed by atoms with Crippen molar-refractivity contribution in [3.05, 3.63) is 65.0 Å². The Hall–Kier alpha value is -3.81. The van der Waals surface area contributed by atoms with Crippen molar-refractivity contribution >= 4 is 17.4 Å². The lowest BCUT2D eigenvalue weighted by Crippen LogP contribution is -2.47. The van der Waals surface area contributed by atoms with Crippen molar-refractivity contribution in [2.75, 3.05) is 57.3 Å². The van der Waals surface area contributed by atoms with Gasteiger partial charge in [-0.3, -0.25) is 4.79 Å². The first-order valence-corrected chi connectivity index (χ1v) is 12.3. The molecule has 1 fully saturated rings. The van der Waals surface area contributed by atoms with Crippen LogP contribution in [0.3, 0.4) is 0 Å². The van der Waals surface area contributed by atoms with Gasteiger partial charge in [0.25, 0.3) is 0 Å². The van der Waals surface area contributed by atoms with E-state index in [0.29, 0.717) is 41.6 Å². The van der Waals surface area contributed by atoms with Crippen LogP contribution in [0.4, 0.5) is 11.6 Å². The molecule has 5 rings (SSSR count). The quantitative estimate of drug-likeness (QED) is 0.514. The van der Waals surface area contributed by atoms with E-state index in [1.165, 1.54) is 5.69 Å². The van der Waals surface area contributed by atoms with Gasteiger partial charge in [0, 0.05) is 38.3 Å². The standard InChI is InChI=1S/C28H32N4O4/c1-18-26-22(30-28(29-18)32-12-10-31(11-13-32)21-8-6-5-7-9-21)14-19(15-23(26)33)20-16-24(34-2)27(36-4)25(17-20)35-3/h5-9,16-17,19H,10-15H2,1-4H3/t19-/m1/s1. The third-order valence-corrected chi connectivity index (χ3v) is 7.15. The summed E-state index contributed by atoms with van der Waals surface area (Å²) < 4.78 is 16.5. The highest BCUT2D eigenvalue weighted by Crippen LogP contribution is 2.43. The number of nitrogens with zero attached hydrogens (tertiary/aromatic N) is 4. The maximum Gasteiger partial charge on any atom is 0.225 e. The number of carbonyl (C=O) groups excluding carboxylic acids is 1. The summed E-state index contributed by atoms with van der Waals surface area (Å²) in [6.45, 7) is 5.38. The molecule has 8 heteroatoms. The van der Waals surface area contributed by atoms with E-state index in [9.17, 15) is 4.79 Å². The number of anilines is 2. The molecule has 3 aromatic rings. The zero-order valence-corrected chi connectivity index (χ0v) is 21.3. The molecule has 2 aromatic carbocycles. The van der Waals surface area contributed by atoms with Crippen LogP contribution in [0.5, 0.6) is 17.2 Å². The highest BCUT2D eigenvalue weighted by atomic mass is 16.5. The van der Waals surface area contributed by atoms with Crippen molar-refractivity contribution < 1.29 is 19.0 Å². The first kappa shape index (κ1) is 23.9. The van der Waals surface area contributed by atoms with E-state index in [0.717, 1.165) is 43.1 Å². The van der Waals surface area contributed by atoms with Gasteiger partial charge in [-0.1, -0.05) is 18.2 Å². The molecule has 8 nitrogen and oxygen atoms in total. The van der Waals surface area contributed by atoms with Gasteiger partial charge in [0.05, 0.1) is 38.3 Å². The monoisotopic (exact) mass is 488 g/mol. The summed E-state index contributed by atoms with van der Waals surface area (Å²) in [4.78, 5) is 27.5. The van der Waals surface area contributed by atoms with E-state index in [-0.39, 0.29) is 11.7 Å². The summed E-state index contributed by atoms with van der Waals surface area (Å²) in [6.07, 6.45) is 1.05. The Morgan fingerprint density at radius 3 is 2.08 bits per heavy atom. The fraction of sp³-hybridized carbons (Fsp3) is 0.393. The molecule has 0 unspecified atom stereocenters. The minimum absolute atomic E-state index is 0.0317. The summed E-state index contributed by atoms with van der Waals surface area (Å²) in [5, 5.41) is 0. The number of para-hydroxylation sites is 1. The minimum atomic E-state index is -0.0317. The molecule has 0 bridgehead atoms. The molecule has 36 heavy (non-hydrogen) atoms. The number of benzene rings is 2. The van der Waals surface area contributed by atoms with Crippen molar-refractivity contribution in [3.8, 4) is 17.2 Å². The molecule has 1 aliphatic heterocycles. The molecule has 0 saturated carbocycles. The summed E-state index contributed by atoms with van der Waals surface area (Å²) in [7, 11) is 4.78. The normalized spacial score (nSPS) is 17.6. The summed E-state index contributed by atoms with van der Waals surface area (Å²) in [5.74, 6) is 2.46. The van der Waals surface area contributed by atoms with Gasteiger partial charge in [-0.15, -0.1) is 0 Å². The number of hydrogen-bond donors (Lipinski definition) is 0. The summed E-state index contributed by atoms with van der Waals surface area (Å²) >= 11 is 0. The molecule has 2 aliphatic rings. The minimum Gasteiger partial charge on any atom is -0.493 e. The van der Waals surface area contributed by atoms with E-state index in [2.05, 4.69) is 34.1 Å². The largest absolute Gasteiger partial charge is 0.493 e. The lowest BCUT2D eigenvalue weighted by atomic mass is 9.81. The molecule has 2 heterocycles. The van der Waals surface area contributed by atoms with Crippen LogP contribution in [0.15, 0.2) is 42.5 Å². The number of Topliss-reactive ketones (excluding diaryl/α,β-unsaturated/α-hetero) is 1. The van der Waals surface area contributed by atoms with Crippen LogP contribution in [0, 0.1) is 6.92 Å². The number of hydrogen-bond acceptors (Lipinski definition) is 8. The molecular formula is C28H32N4O4. The highest BCUT2D eigenvalue weighted by molar-refractivity contribution is 5.99. The van der Waals surface area contributed by atoms with E-state index in [1.807, 2.05) is 25.1 Å². The first-order valence-electron chi connectivity index (χ1n) is 12.3. The van der Waals surface area contributed by atoms with Crippen LogP contribution in [-0.2, 0) is 6.42 Å². The van der Waals surface area contributed by atoms with Crippen molar-refractivity contribution in [2.45, 2.75) is 25.7 Å². The van der Waals surface area contributed by atoms with Crippen LogP contribution in [0.2, 0.25) is 0 Å². The van der Waals surface area contributed by atoms with Crippen LogP contribution in [0.25, 0.3) is 0 Å². The van der Waals surface area contributed by atoms with Gasteiger partial charge in [-0.25, -0.2) is 9.97 Å². The fourth-order valence-corrected chi connectivity index (χ4v) is 5.28. The third kappa shape index (κ3) is 4.43. The third-order valence-electron chi connectivity index (χ3n) is 7.15. The number of ketones is 1. The van der Waals surface area contributed by atoms with Gasteiger partial charge < -0.3 is 24.0 Å². The number of ether oxygens (including phenoxy) is 3. The predicted octanol–water partition coefficient (Wildman–Crippen LogP) is 4.05. The Balaban J connectivity index is 1.40. The second-order valence-corrected chi connectivity index (χ2v) is 9.23. The number of aromatic nitrogens is 2. The molecule has 1 aliphatic carbocycles. The smallest absolute Gasteiger partial charge is 0.225 e. The number of fused-ring (bicyclic) bond motifs is 1. The molecule has 0 amide bonds. The Labute approximate surface area is 211 Å². The maximum absolute atomic E-state index is 13.2. The fourth-order valence-electron chi connectivity index (χ4n) is 5.28. The lowest BCUT2D eigenvalue weighted by molar-refractivity contribution is 0.0961.